The maximum atomic E-state index is 12.9. The monoisotopic (exact) mass is 910 g/mol. The molecule has 2 aliphatic rings. The summed E-state index contributed by atoms with van der Waals surface area (Å²) < 4.78 is 31.0. The van der Waals surface area contributed by atoms with Gasteiger partial charge >= 0.3 is 234 Å². The van der Waals surface area contributed by atoms with Crippen LogP contribution in [0.1, 0.15) is 62.1 Å². The number of hydrogen-bond acceptors (Lipinski definition) is 12. The van der Waals surface area contributed by atoms with Gasteiger partial charge in [0.1, 0.15) is 0 Å². The van der Waals surface area contributed by atoms with Crippen molar-refractivity contribution in [1.29, 1.82) is 0 Å². The molecule has 0 N–H and O–H groups in total. The van der Waals surface area contributed by atoms with Crippen molar-refractivity contribution in [2.45, 2.75) is 0 Å². The molecular weight excluding hydrogens is 898 g/mol. The van der Waals surface area contributed by atoms with E-state index in [9.17, 15) is 28.8 Å². The van der Waals surface area contributed by atoms with Crippen LogP contribution < -0.4 is 0 Å². The van der Waals surface area contributed by atoms with Crippen LogP contribution in [0.25, 0.3) is 0 Å². The van der Waals surface area contributed by atoms with Gasteiger partial charge in [-0.05, 0) is 0 Å². The second-order valence-electron chi connectivity index (χ2n) is 7.36. The number of benzene rings is 3. The van der Waals surface area contributed by atoms with Gasteiger partial charge in [0.15, 0.2) is 0 Å². The van der Waals surface area contributed by atoms with Crippen LogP contribution in [0.3, 0.4) is 0 Å². The van der Waals surface area contributed by atoms with Crippen LogP contribution in [0.5, 0.6) is 0 Å². The van der Waals surface area contributed by atoms with Gasteiger partial charge in [-0.25, -0.2) is 0 Å². The van der Waals surface area contributed by atoms with Gasteiger partial charge in [0.25, 0.3) is 0 Å². The summed E-state index contributed by atoms with van der Waals surface area (Å²) in [6.07, 6.45) is 0. The predicted molar refractivity (Wildman–Crippen MR) is 123 cm³/mol. The van der Waals surface area contributed by atoms with Crippen molar-refractivity contribution in [1.82, 2.24) is 0 Å². The molecule has 0 fully saturated rings. The summed E-state index contributed by atoms with van der Waals surface area (Å²) in [5, 5.41) is 0. The summed E-state index contributed by atoms with van der Waals surface area (Å²) in [7, 11) is 0. The molecule has 5 rings (SSSR count). The fourth-order valence-electron chi connectivity index (χ4n) is 3.33. The first-order valence-corrected chi connectivity index (χ1v) is 19.0. The average Bonchev–Trinajstić information content (AvgIpc) is 3.11. The van der Waals surface area contributed by atoms with E-state index in [0.717, 1.165) is 0 Å². The van der Waals surface area contributed by atoms with Crippen molar-refractivity contribution in [3.8, 4) is 0 Å². The van der Waals surface area contributed by atoms with Crippen molar-refractivity contribution < 1.29 is 45.6 Å². The van der Waals surface area contributed by atoms with E-state index in [1.807, 2.05) is 0 Å². The van der Waals surface area contributed by atoms with E-state index < -0.39 is 82.0 Å². The Bertz CT molecular complexity index is 1330. The van der Waals surface area contributed by atoms with Crippen molar-refractivity contribution in [2.24, 2.45) is 0 Å². The fraction of sp³-hybridized carbons (Fsp3) is 0. The molecule has 14 heteroatoms. The average molecular weight is 910 g/mol. The summed E-state index contributed by atoms with van der Waals surface area (Å²) in [5.41, 5.74) is -0.731. The Morgan fingerprint density at radius 1 is 0.474 bits per heavy atom. The maximum absolute atomic E-state index is 12.9. The SMILES string of the molecule is O=C([O][Bi]1[O]C(=O)c2ccccc2C(=O)[O]1)c1ccccc1C(=O)[O][Bi]1[O]C(=O)c2ccccc2C(=O)[O]1. The van der Waals surface area contributed by atoms with E-state index in [0.29, 0.717) is 0 Å². The van der Waals surface area contributed by atoms with E-state index in [4.69, 9.17) is 16.9 Å². The van der Waals surface area contributed by atoms with Crippen LogP contribution in [-0.4, -0.2) is 82.0 Å². The van der Waals surface area contributed by atoms with Crippen LogP contribution in [0.2, 0.25) is 0 Å². The van der Waals surface area contributed by atoms with Gasteiger partial charge in [0, 0.05) is 0 Å². The Labute approximate surface area is 232 Å². The van der Waals surface area contributed by atoms with Crippen LogP contribution in [0.15, 0.2) is 72.8 Å². The van der Waals surface area contributed by atoms with Crippen LogP contribution in [-0.2, 0) is 16.9 Å². The van der Waals surface area contributed by atoms with Crippen molar-refractivity contribution in [3.05, 3.63) is 106 Å². The first kappa shape index (κ1) is 25.9. The van der Waals surface area contributed by atoms with Crippen molar-refractivity contribution >= 4 is 82.0 Å². The third-order valence-corrected chi connectivity index (χ3v) is 12.4. The molecule has 0 saturated carbocycles. The Kier molecular flexibility index (Phi) is 7.44. The summed E-state index contributed by atoms with van der Waals surface area (Å²) in [6.45, 7) is 0. The fourth-order valence-corrected chi connectivity index (χ4v) is 9.65. The second kappa shape index (κ2) is 10.9. The number of carbonyl (C=O) groups is 6. The second-order valence-corrected chi connectivity index (χ2v) is 15.1. The zero-order valence-electron chi connectivity index (χ0n) is 18.7. The van der Waals surface area contributed by atoms with E-state index in [-0.39, 0.29) is 33.4 Å². The first-order chi connectivity index (χ1) is 18.3. The number of hydrogen-bond donors (Lipinski definition) is 0. The molecule has 0 bridgehead atoms. The van der Waals surface area contributed by atoms with Crippen LogP contribution in [0.4, 0.5) is 0 Å². The van der Waals surface area contributed by atoms with Crippen molar-refractivity contribution in [3.63, 3.8) is 0 Å². The van der Waals surface area contributed by atoms with Gasteiger partial charge in [-0.1, -0.05) is 0 Å². The van der Waals surface area contributed by atoms with E-state index in [1.165, 1.54) is 72.8 Å². The van der Waals surface area contributed by atoms with Crippen LogP contribution >= 0.6 is 0 Å². The van der Waals surface area contributed by atoms with Gasteiger partial charge in [0.2, 0.25) is 0 Å². The summed E-state index contributed by atoms with van der Waals surface area (Å²) in [6, 6.07) is 16.9. The molecule has 0 spiro atoms. The van der Waals surface area contributed by atoms with Crippen molar-refractivity contribution in [2.75, 3.05) is 0 Å². The van der Waals surface area contributed by atoms with Gasteiger partial charge in [-0.15, -0.1) is 0 Å². The third-order valence-electron chi connectivity index (χ3n) is 5.05. The molecule has 0 aromatic heterocycles. The Balaban J connectivity index is 1.31. The zero-order chi connectivity index (χ0) is 26.8. The van der Waals surface area contributed by atoms with Gasteiger partial charge in [0.05, 0.1) is 0 Å². The molecule has 3 aromatic carbocycles. The molecule has 0 atom stereocenters. The topological polar surface area (TPSA) is 158 Å². The molecule has 38 heavy (non-hydrogen) atoms. The predicted octanol–water partition coefficient (Wildman–Crippen LogP) is 2.02. The van der Waals surface area contributed by atoms with E-state index in [2.05, 4.69) is 0 Å². The van der Waals surface area contributed by atoms with Gasteiger partial charge in [-0.2, -0.15) is 0 Å². The van der Waals surface area contributed by atoms with E-state index >= 15 is 0 Å². The molecule has 0 radical (unpaired) electrons. The zero-order valence-corrected chi connectivity index (χ0v) is 25.7. The third kappa shape index (κ3) is 5.28. The summed E-state index contributed by atoms with van der Waals surface area (Å²) >= 11 is -8.87. The van der Waals surface area contributed by atoms with Crippen LogP contribution in [0, 0.1) is 0 Å². The molecule has 0 unspecified atom stereocenters. The standard InChI is InChI=1S/3C8H6O4.2Bi/c3*9-7(10)5-3-1-2-4-6(5)8(11)12;;/h3*1-4H,(H,9,10)(H,11,12);;/q;;;2*+3/p-6. The van der Waals surface area contributed by atoms with Gasteiger partial charge < -0.3 is 0 Å². The summed E-state index contributed by atoms with van der Waals surface area (Å²) in [4.78, 5) is 75.4. The number of rotatable bonds is 4. The Morgan fingerprint density at radius 3 is 1.03 bits per heavy atom. The molecule has 0 aliphatic carbocycles. The molecule has 190 valence electrons. The molecule has 2 heterocycles. The molecule has 0 saturated heterocycles. The first-order valence-electron chi connectivity index (χ1n) is 10.5. The minimum atomic E-state index is -4.44. The number of carbonyl (C=O) groups excluding carboxylic acids is 6. The Morgan fingerprint density at radius 2 is 0.737 bits per heavy atom. The summed E-state index contributed by atoms with van der Waals surface area (Å²) in [5.74, 6) is -5.74. The minimum absolute atomic E-state index is 0.0306. The molecular formula is C24H12Bi2O12. The molecule has 2 aliphatic heterocycles. The molecule has 12 nitrogen and oxygen atoms in total. The normalized spacial score (nSPS) is 15.4. The Hall–Kier alpha value is -3.75. The molecule has 0 amide bonds. The number of fused-ring (bicyclic) bond motifs is 2. The van der Waals surface area contributed by atoms with E-state index in [1.54, 1.807) is 0 Å². The quantitative estimate of drug-likeness (QED) is 0.352. The molecule has 3 aromatic rings. The van der Waals surface area contributed by atoms with Gasteiger partial charge in [-0.3, -0.25) is 0 Å².